The van der Waals surface area contributed by atoms with Crippen molar-refractivity contribution in [3.63, 3.8) is 0 Å². The highest BCUT2D eigenvalue weighted by atomic mass is 35.5. The Balaban J connectivity index is 1.80. The van der Waals surface area contributed by atoms with Crippen LogP contribution in [0.25, 0.3) is 0 Å². The predicted molar refractivity (Wildman–Crippen MR) is 119 cm³/mol. The van der Waals surface area contributed by atoms with Gasteiger partial charge in [-0.2, -0.15) is 5.10 Å². The smallest absolute Gasteiger partial charge is 0.406 e. The third-order valence-corrected chi connectivity index (χ3v) is 5.91. The van der Waals surface area contributed by atoms with E-state index in [0.717, 1.165) is 17.7 Å². The van der Waals surface area contributed by atoms with Crippen LogP contribution in [0.5, 0.6) is 5.75 Å². The van der Waals surface area contributed by atoms with Crippen molar-refractivity contribution in [2.24, 2.45) is 5.41 Å². The summed E-state index contributed by atoms with van der Waals surface area (Å²) >= 11 is 18.6. The number of rotatable bonds is 8. The fourth-order valence-corrected chi connectivity index (χ4v) is 4.41. The van der Waals surface area contributed by atoms with Crippen LogP contribution in [0.2, 0.25) is 15.1 Å². The molecular weight excluding hydrogens is 486 g/mol. The molecule has 1 aromatic heterocycles. The van der Waals surface area contributed by atoms with Crippen LogP contribution in [-0.2, 0) is 12.8 Å². The van der Waals surface area contributed by atoms with Crippen LogP contribution in [0.1, 0.15) is 37.4 Å². The number of hydrogen-bond acceptors (Lipinski definition) is 3. The van der Waals surface area contributed by atoms with Crippen molar-refractivity contribution in [1.82, 2.24) is 14.8 Å². The van der Waals surface area contributed by atoms with Crippen LogP contribution in [0.15, 0.2) is 49.1 Å². The first-order valence-electron chi connectivity index (χ1n) is 9.74. The van der Waals surface area contributed by atoms with Crippen molar-refractivity contribution >= 4 is 34.8 Å². The maximum atomic E-state index is 12.5. The van der Waals surface area contributed by atoms with Crippen molar-refractivity contribution in [3.8, 4) is 5.75 Å². The van der Waals surface area contributed by atoms with Crippen LogP contribution < -0.4 is 4.74 Å². The number of ether oxygens (including phenoxy) is 1. The van der Waals surface area contributed by atoms with Gasteiger partial charge in [0.2, 0.25) is 0 Å². The fourth-order valence-electron chi connectivity index (χ4n) is 3.69. The molecule has 10 heteroatoms. The minimum Gasteiger partial charge on any atom is -0.406 e. The van der Waals surface area contributed by atoms with E-state index in [4.69, 9.17) is 34.8 Å². The second-order valence-electron chi connectivity index (χ2n) is 8.32. The average molecular weight is 507 g/mol. The van der Waals surface area contributed by atoms with Crippen molar-refractivity contribution in [2.75, 3.05) is 0 Å². The topological polar surface area (TPSA) is 39.9 Å². The van der Waals surface area contributed by atoms with Gasteiger partial charge in [0, 0.05) is 15.1 Å². The number of hydrogen-bond donors (Lipinski definition) is 0. The Morgan fingerprint density at radius 2 is 1.66 bits per heavy atom. The minimum absolute atomic E-state index is 0.0148. The second kappa shape index (κ2) is 9.89. The van der Waals surface area contributed by atoms with Gasteiger partial charge in [-0.1, -0.05) is 60.8 Å². The molecule has 1 atom stereocenters. The van der Waals surface area contributed by atoms with E-state index in [1.54, 1.807) is 11.0 Å². The summed E-state index contributed by atoms with van der Waals surface area (Å²) in [7, 11) is 0. The Morgan fingerprint density at radius 3 is 2.19 bits per heavy atom. The van der Waals surface area contributed by atoms with Crippen molar-refractivity contribution in [3.05, 3.63) is 75.2 Å². The van der Waals surface area contributed by atoms with Gasteiger partial charge in [0.1, 0.15) is 18.4 Å². The van der Waals surface area contributed by atoms with E-state index in [0.29, 0.717) is 29.8 Å². The van der Waals surface area contributed by atoms with Gasteiger partial charge in [0.15, 0.2) is 0 Å². The highest BCUT2D eigenvalue weighted by Gasteiger charge is 2.32. The first-order chi connectivity index (χ1) is 14.9. The number of halogens is 6. The number of benzene rings is 2. The first-order valence-corrected chi connectivity index (χ1v) is 10.9. The summed E-state index contributed by atoms with van der Waals surface area (Å²) in [5.41, 5.74) is 1.34. The zero-order valence-corrected chi connectivity index (χ0v) is 19.6. The molecule has 172 valence electrons. The van der Waals surface area contributed by atoms with Crippen LogP contribution in [0.3, 0.4) is 0 Å². The maximum Gasteiger partial charge on any atom is 0.573 e. The molecule has 0 radical (unpaired) electrons. The Hall–Kier alpha value is -1.96. The summed E-state index contributed by atoms with van der Waals surface area (Å²) in [6.07, 6.45) is 0.161. The summed E-state index contributed by atoms with van der Waals surface area (Å²) in [5.74, 6) is -0.447. The van der Waals surface area contributed by atoms with Gasteiger partial charge in [-0.25, -0.2) is 9.67 Å². The van der Waals surface area contributed by atoms with Crippen LogP contribution in [0.4, 0.5) is 13.2 Å². The van der Waals surface area contributed by atoms with Crippen LogP contribution in [-0.4, -0.2) is 21.1 Å². The highest BCUT2D eigenvalue weighted by Crippen LogP contribution is 2.40. The second-order valence-corrected chi connectivity index (χ2v) is 9.57. The molecule has 3 aromatic rings. The van der Waals surface area contributed by atoms with Crippen molar-refractivity contribution in [2.45, 2.75) is 45.5 Å². The number of nitrogens with zero attached hydrogens (tertiary/aromatic N) is 3. The van der Waals surface area contributed by atoms with E-state index in [9.17, 15) is 13.2 Å². The van der Waals surface area contributed by atoms with Crippen LogP contribution >= 0.6 is 34.8 Å². The largest absolute Gasteiger partial charge is 0.573 e. The van der Waals surface area contributed by atoms with E-state index in [2.05, 4.69) is 14.8 Å². The Labute approximate surface area is 199 Å². The average Bonchev–Trinajstić information content (AvgIpc) is 3.19. The standard InChI is InChI=1S/C22H21Cl3F3N3O/c1-21(2,11-18-19(24)8-17(9-20(18)25)32-22(26,27)28)10-16(31-13-29-12-30-31)7-14-3-5-15(23)6-4-14/h3-6,8-9,12-13,16H,7,10-11H2,1-2H3. The molecule has 0 aliphatic carbocycles. The summed E-state index contributed by atoms with van der Waals surface area (Å²) in [5, 5.41) is 5.22. The Morgan fingerprint density at radius 1 is 1.03 bits per heavy atom. The van der Waals surface area contributed by atoms with E-state index < -0.39 is 12.1 Å². The summed E-state index contributed by atoms with van der Waals surface area (Å²) in [4.78, 5) is 4.06. The van der Waals surface area contributed by atoms with Gasteiger partial charge in [0.25, 0.3) is 0 Å². The fraction of sp³-hybridized carbons (Fsp3) is 0.364. The quantitative estimate of drug-likeness (QED) is 0.316. The molecule has 2 aromatic carbocycles. The van der Waals surface area contributed by atoms with Gasteiger partial charge in [0.05, 0.1) is 6.04 Å². The first kappa shape index (κ1) is 24.7. The molecule has 1 heterocycles. The molecule has 1 unspecified atom stereocenters. The molecule has 0 aliphatic rings. The number of alkyl halides is 3. The lowest BCUT2D eigenvalue weighted by molar-refractivity contribution is -0.274. The summed E-state index contributed by atoms with van der Waals surface area (Å²) in [6, 6.07) is 9.86. The molecule has 32 heavy (non-hydrogen) atoms. The zero-order valence-electron chi connectivity index (χ0n) is 17.3. The molecule has 0 fully saturated rings. The maximum absolute atomic E-state index is 12.5. The molecule has 0 saturated carbocycles. The van der Waals surface area contributed by atoms with Crippen molar-refractivity contribution in [1.29, 1.82) is 0 Å². The van der Waals surface area contributed by atoms with Gasteiger partial charge in [-0.05, 0) is 60.1 Å². The molecule has 0 N–H and O–H groups in total. The van der Waals surface area contributed by atoms with E-state index in [1.165, 1.54) is 6.33 Å². The molecule has 0 spiro atoms. The van der Waals surface area contributed by atoms with Gasteiger partial charge < -0.3 is 4.74 Å². The summed E-state index contributed by atoms with van der Waals surface area (Å²) in [6.45, 7) is 4.09. The molecular formula is C22H21Cl3F3N3O. The minimum atomic E-state index is -4.82. The van der Waals surface area contributed by atoms with Gasteiger partial charge in [-0.15, -0.1) is 13.2 Å². The lowest BCUT2D eigenvalue weighted by Gasteiger charge is -2.31. The molecule has 0 bridgehead atoms. The van der Waals surface area contributed by atoms with Gasteiger partial charge in [-0.3, -0.25) is 0 Å². The number of aromatic nitrogens is 3. The Bertz CT molecular complexity index is 1020. The lowest BCUT2D eigenvalue weighted by Crippen LogP contribution is -2.24. The van der Waals surface area contributed by atoms with Crippen molar-refractivity contribution < 1.29 is 17.9 Å². The van der Waals surface area contributed by atoms with E-state index in [1.807, 2.05) is 38.1 Å². The zero-order chi connectivity index (χ0) is 23.5. The Kier molecular flexibility index (Phi) is 7.63. The molecule has 3 rings (SSSR count). The van der Waals surface area contributed by atoms with E-state index >= 15 is 0 Å². The van der Waals surface area contributed by atoms with Gasteiger partial charge >= 0.3 is 6.36 Å². The lowest BCUT2D eigenvalue weighted by atomic mass is 9.79. The predicted octanol–water partition coefficient (Wildman–Crippen LogP) is 7.58. The molecule has 0 saturated heterocycles. The molecule has 0 amide bonds. The third kappa shape index (κ3) is 7.02. The van der Waals surface area contributed by atoms with Crippen LogP contribution in [0, 0.1) is 5.41 Å². The molecule has 0 aliphatic heterocycles. The SMILES string of the molecule is CC(C)(Cc1c(Cl)cc(OC(F)(F)F)cc1Cl)CC(Cc1ccc(Cl)cc1)n1cncn1. The highest BCUT2D eigenvalue weighted by molar-refractivity contribution is 6.36. The normalized spacial score (nSPS) is 13.2. The monoisotopic (exact) mass is 505 g/mol. The van der Waals surface area contributed by atoms with E-state index in [-0.39, 0.29) is 21.5 Å². The third-order valence-electron chi connectivity index (χ3n) is 4.99. The summed E-state index contributed by atoms with van der Waals surface area (Å²) < 4.78 is 43.3. The molecule has 4 nitrogen and oxygen atoms in total.